The summed E-state index contributed by atoms with van der Waals surface area (Å²) in [7, 11) is 0. The van der Waals surface area contributed by atoms with Crippen LogP contribution >= 0.6 is 23.4 Å². The Bertz CT molecular complexity index is 1060. The molecule has 3 rings (SSSR count). The first-order valence-electron chi connectivity index (χ1n) is 12.0. The number of hydrogen-bond donors (Lipinski definition) is 1. The second kappa shape index (κ2) is 14.0. The molecule has 1 atom stereocenters. The normalized spacial score (nSPS) is 11.8. The third-order valence-corrected chi connectivity index (χ3v) is 6.87. The fourth-order valence-corrected chi connectivity index (χ4v) is 4.78. The zero-order chi connectivity index (χ0) is 25.0. The second-order valence-corrected chi connectivity index (χ2v) is 10.4. The number of carbonyl (C=O) groups is 2. The fourth-order valence-electron chi connectivity index (χ4n) is 3.80. The minimum absolute atomic E-state index is 0.00889. The third kappa shape index (κ3) is 9.08. The Morgan fingerprint density at radius 2 is 1.49 bits per heavy atom. The number of nitrogens with one attached hydrogen (secondary N) is 1. The molecule has 0 aliphatic heterocycles. The molecule has 1 N–H and O–H groups in total. The minimum Gasteiger partial charge on any atom is -0.352 e. The SMILES string of the molecule is CC(C)NC(=O)[C@H](Cc1ccccc1)N(Cc1ccccc1)C(=O)CCCSc1ccc(Cl)cc1. The Balaban J connectivity index is 1.75. The van der Waals surface area contributed by atoms with Gasteiger partial charge < -0.3 is 10.2 Å². The minimum atomic E-state index is -0.587. The Labute approximate surface area is 218 Å². The molecule has 3 aromatic carbocycles. The van der Waals surface area contributed by atoms with E-state index in [-0.39, 0.29) is 17.9 Å². The lowest BCUT2D eigenvalue weighted by Crippen LogP contribution is -2.51. The van der Waals surface area contributed by atoms with Crippen LogP contribution in [-0.4, -0.2) is 34.6 Å². The summed E-state index contributed by atoms with van der Waals surface area (Å²) in [5, 5.41) is 3.74. The van der Waals surface area contributed by atoms with Gasteiger partial charge in [-0.3, -0.25) is 9.59 Å². The van der Waals surface area contributed by atoms with Gasteiger partial charge in [0.2, 0.25) is 11.8 Å². The highest BCUT2D eigenvalue weighted by atomic mass is 35.5. The first-order valence-corrected chi connectivity index (χ1v) is 13.3. The molecule has 3 aromatic rings. The summed E-state index contributed by atoms with van der Waals surface area (Å²) in [6.45, 7) is 4.27. The molecule has 0 unspecified atom stereocenters. The van der Waals surface area contributed by atoms with E-state index in [4.69, 9.17) is 11.6 Å². The fraction of sp³-hybridized carbons (Fsp3) is 0.310. The van der Waals surface area contributed by atoms with E-state index < -0.39 is 6.04 Å². The van der Waals surface area contributed by atoms with Crippen molar-refractivity contribution in [3.8, 4) is 0 Å². The summed E-state index contributed by atoms with van der Waals surface area (Å²) in [5.41, 5.74) is 2.03. The van der Waals surface area contributed by atoms with Gasteiger partial charge in [-0.15, -0.1) is 11.8 Å². The highest BCUT2D eigenvalue weighted by Gasteiger charge is 2.30. The highest BCUT2D eigenvalue weighted by molar-refractivity contribution is 7.99. The molecular formula is C29H33ClN2O2S. The Morgan fingerprint density at radius 3 is 2.09 bits per heavy atom. The van der Waals surface area contributed by atoms with Gasteiger partial charge in [-0.25, -0.2) is 0 Å². The maximum absolute atomic E-state index is 13.5. The van der Waals surface area contributed by atoms with E-state index >= 15 is 0 Å². The van der Waals surface area contributed by atoms with Crippen molar-refractivity contribution >= 4 is 35.2 Å². The van der Waals surface area contributed by atoms with Crippen LogP contribution in [-0.2, 0) is 22.6 Å². The van der Waals surface area contributed by atoms with Crippen LogP contribution in [0.15, 0.2) is 89.8 Å². The van der Waals surface area contributed by atoms with Gasteiger partial charge in [0.15, 0.2) is 0 Å². The number of nitrogens with zero attached hydrogens (tertiary/aromatic N) is 1. The van der Waals surface area contributed by atoms with Crippen LogP contribution in [0, 0.1) is 0 Å². The first kappa shape index (κ1) is 26.8. The number of benzene rings is 3. The van der Waals surface area contributed by atoms with Gasteiger partial charge in [-0.05, 0) is 61.4 Å². The van der Waals surface area contributed by atoms with E-state index in [0.717, 1.165) is 28.2 Å². The second-order valence-electron chi connectivity index (χ2n) is 8.78. The highest BCUT2D eigenvalue weighted by Crippen LogP contribution is 2.22. The van der Waals surface area contributed by atoms with E-state index in [9.17, 15) is 9.59 Å². The van der Waals surface area contributed by atoms with Gasteiger partial charge >= 0.3 is 0 Å². The van der Waals surface area contributed by atoms with Crippen LogP contribution in [0.5, 0.6) is 0 Å². The quantitative estimate of drug-likeness (QED) is 0.228. The molecule has 0 radical (unpaired) electrons. The molecule has 6 heteroatoms. The van der Waals surface area contributed by atoms with Crippen LogP contribution in [0.3, 0.4) is 0 Å². The van der Waals surface area contributed by atoms with Crippen molar-refractivity contribution in [3.05, 3.63) is 101 Å². The monoisotopic (exact) mass is 508 g/mol. The van der Waals surface area contributed by atoms with E-state index in [1.807, 2.05) is 98.8 Å². The molecule has 0 aliphatic carbocycles. The van der Waals surface area contributed by atoms with Crippen LogP contribution < -0.4 is 5.32 Å². The number of hydrogen-bond acceptors (Lipinski definition) is 3. The largest absolute Gasteiger partial charge is 0.352 e. The maximum Gasteiger partial charge on any atom is 0.243 e. The molecule has 0 spiro atoms. The predicted molar refractivity (Wildman–Crippen MR) is 146 cm³/mol. The standard InChI is InChI=1S/C29H33ClN2O2S/c1-22(2)31-29(34)27(20-23-10-5-3-6-11-23)32(21-24-12-7-4-8-13-24)28(33)14-9-19-35-26-17-15-25(30)16-18-26/h3-8,10-13,15-18,22,27H,9,14,19-21H2,1-2H3,(H,31,34)/t27-/m0/s1. The van der Waals surface area contributed by atoms with Crippen molar-refractivity contribution in [2.45, 2.75) is 56.6 Å². The molecule has 2 amide bonds. The zero-order valence-electron chi connectivity index (χ0n) is 20.3. The third-order valence-electron chi connectivity index (χ3n) is 5.52. The summed E-state index contributed by atoms with van der Waals surface area (Å²) in [4.78, 5) is 29.7. The average Bonchev–Trinajstić information content (AvgIpc) is 2.85. The van der Waals surface area contributed by atoms with Gasteiger partial charge in [0.1, 0.15) is 6.04 Å². The topological polar surface area (TPSA) is 49.4 Å². The molecule has 4 nitrogen and oxygen atoms in total. The van der Waals surface area contributed by atoms with E-state index in [1.165, 1.54) is 0 Å². The number of amides is 2. The van der Waals surface area contributed by atoms with Gasteiger partial charge in [-0.1, -0.05) is 72.3 Å². The predicted octanol–water partition coefficient (Wildman–Crippen LogP) is 6.38. The van der Waals surface area contributed by atoms with Crippen molar-refractivity contribution in [1.29, 1.82) is 0 Å². The van der Waals surface area contributed by atoms with E-state index in [1.54, 1.807) is 16.7 Å². The van der Waals surface area contributed by atoms with E-state index in [0.29, 0.717) is 24.4 Å². The summed E-state index contributed by atoms with van der Waals surface area (Å²) < 4.78 is 0. The lowest BCUT2D eigenvalue weighted by Gasteiger charge is -2.32. The average molecular weight is 509 g/mol. The van der Waals surface area contributed by atoms with Crippen LogP contribution in [0.2, 0.25) is 5.02 Å². The number of carbonyl (C=O) groups excluding carboxylic acids is 2. The van der Waals surface area contributed by atoms with Crippen molar-refractivity contribution in [2.24, 2.45) is 0 Å². The molecule has 0 aliphatic rings. The summed E-state index contributed by atoms with van der Waals surface area (Å²) in [5.74, 6) is 0.683. The summed E-state index contributed by atoms with van der Waals surface area (Å²) in [6.07, 6.45) is 1.58. The van der Waals surface area contributed by atoms with Crippen molar-refractivity contribution in [1.82, 2.24) is 10.2 Å². The molecule has 0 saturated heterocycles. The molecule has 0 heterocycles. The lowest BCUT2D eigenvalue weighted by atomic mass is 10.0. The Kier molecular flexibility index (Phi) is 10.7. The Hall–Kier alpha value is -2.76. The first-order chi connectivity index (χ1) is 16.9. The molecule has 184 valence electrons. The Morgan fingerprint density at radius 1 is 0.886 bits per heavy atom. The maximum atomic E-state index is 13.5. The van der Waals surface area contributed by atoms with E-state index in [2.05, 4.69) is 5.32 Å². The van der Waals surface area contributed by atoms with Crippen molar-refractivity contribution < 1.29 is 9.59 Å². The van der Waals surface area contributed by atoms with Crippen molar-refractivity contribution in [3.63, 3.8) is 0 Å². The van der Waals surface area contributed by atoms with Crippen molar-refractivity contribution in [2.75, 3.05) is 5.75 Å². The molecule has 0 saturated carbocycles. The number of thioether (sulfide) groups is 1. The smallest absolute Gasteiger partial charge is 0.243 e. The molecular weight excluding hydrogens is 476 g/mol. The number of rotatable bonds is 12. The van der Waals surface area contributed by atoms with Gasteiger partial charge in [-0.2, -0.15) is 0 Å². The molecule has 0 fully saturated rings. The molecule has 0 aromatic heterocycles. The molecule has 0 bridgehead atoms. The van der Waals surface area contributed by atoms with Crippen LogP contribution in [0.1, 0.15) is 37.8 Å². The van der Waals surface area contributed by atoms with Gasteiger partial charge in [0.25, 0.3) is 0 Å². The summed E-state index contributed by atoms with van der Waals surface area (Å²) >= 11 is 7.67. The number of halogens is 1. The van der Waals surface area contributed by atoms with Crippen LogP contribution in [0.25, 0.3) is 0 Å². The molecule has 35 heavy (non-hydrogen) atoms. The van der Waals surface area contributed by atoms with Crippen LogP contribution in [0.4, 0.5) is 0 Å². The summed E-state index contributed by atoms with van der Waals surface area (Å²) in [6, 6.07) is 26.9. The van der Waals surface area contributed by atoms with Gasteiger partial charge in [0, 0.05) is 35.3 Å². The zero-order valence-corrected chi connectivity index (χ0v) is 21.9. The lowest BCUT2D eigenvalue weighted by molar-refractivity contribution is -0.141. The van der Waals surface area contributed by atoms with Gasteiger partial charge in [0.05, 0.1) is 0 Å².